The van der Waals surface area contributed by atoms with Gasteiger partial charge in [-0.25, -0.2) is 9.97 Å². The number of para-hydroxylation sites is 1. The van der Waals surface area contributed by atoms with Gasteiger partial charge in [0, 0.05) is 18.5 Å². The molecule has 0 aliphatic carbocycles. The molecular weight excluding hydrogens is 224 g/mol. The fraction of sp³-hybridized carbons (Fsp3) is 0.286. The number of anilines is 1. The number of hydrogen-bond acceptors (Lipinski definition) is 3. The van der Waals surface area contributed by atoms with Crippen LogP contribution in [-0.2, 0) is 0 Å². The Morgan fingerprint density at radius 2 is 1.94 bits per heavy atom. The maximum Gasteiger partial charge on any atom is 0.159 e. The van der Waals surface area contributed by atoms with Crippen molar-refractivity contribution in [1.82, 2.24) is 14.4 Å². The van der Waals surface area contributed by atoms with E-state index in [1.807, 2.05) is 16.8 Å². The number of benzene rings is 1. The Hall–Kier alpha value is -2.10. The van der Waals surface area contributed by atoms with Gasteiger partial charge in [0.1, 0.15) is 12.1 Å². The van der Waals surface area contributed by atoms with Crippen LogP contribution in [0.1, 0.15) is 13.8 Å². The summed E-state index contributed by atoms with van der Waals surface area (Å²) in [6.45, 7) is 6.22. The van der Waals surface area contributed by atoms with Crippen molar-refractivity contribution in [1.29, 1.82) is 0 Å². The highest BCUT2D eigenvalue weighted by molar-refractivity contribution is 5.91. The van der Waals surface area contributed by atoms with Gasteiger partial charge in [0.15, 0.2) is 5.65 Å². The van der Waals surface area contributed by atoms with E-state index >= 15 is 0 Å². The summed E-state index contributed by atoms with van der Waals surface area (Å²) < 4.78 is 2.03. The molecule has 4 heteroatoms. The van der Waals surface area contributed by atoms with Crippen LogP contribution in [0, 0.1) is 0 Å². The number of rotatable bonds is 3. The molecule has 92 valence electrons. The second kappa shape index (κ2) is 4.29. The average Bonchev–Trinajstić information content (AvgIpc) is 2.88. The number of imidazole rings is 1. The zero-order valence-electron chi connectivity index (χ0n) is 10.7. The van der Waals surface area contributed by atoms with Crippen LogP contribution >= 0.6 is 0 Å². The minimum Gasteiger partial charge on any atom is -0.357 e. The quantitative estimate of drug-likeness (QED) is 0.705. The van der Waals surface area contributed by atoms with E-state index in [0.29, 0.717) is 0 Å². The zero-order chi connectivity index (χ0) is 12.5. The fourth-order valence-corrected chi connectivity index (χ4v) is 2.36. The van der Waals surface area contributed by atoms with Crippen molar-refractivity contribution in [3.8, 4) is 0 Å². The molecule has 2 heterocycles. The Balaban J connectivity index is 2.40. The van der Waals surface area contributed by atoms with E-state index in [4.69, 9.17) is 4.98 Å². The second-order valence-electron chi connectivity index (χ2n) is 4.25. The summed E-state index contributed by atoms with van der Waals surface area (Å²) in [7, 11) is 0. The van der Waals surface area contributed by atoms with Gasteiger partial charge in [0.2, 0.25) is 0 Å². The number of nitrogens with zero attached hydrogens (tertiary/aromatic N) is 4. The number of aromatic nitrogens is 3. The van der Waals surface area contributed by atoms with Crippen LogP contribution in [0.5, 0.6) is 0 Å². The summed E-state index contributed by atoms with van der Waals surface area (Å²) in [6.07, 6.45) is 3.62. The van der Waals surface area contributed by atoms with Crippen LogP contribution in [0.15, 0.2) is 36.8 Å². The normalized spacial score (nSPS) is 11.2. The first-order valence-electron chi connectivity index (χ1n) is 6.31. The van der Waals surface area contributed by atoms with Crippen molar-refractivity contribution in [3.63, 3.8) is 0 Å². The molecule has 0 amide bonds. The summed E-state index contributed by atoms with van der Waals surface area (Å²) in [4.78, 5) is 11.2. The third-order valence-corrected chi connectivity index (χ3v) is 3.31. The lowest BCUT2D eigenvalue weighted by atomic mass is 10.2. The topological polar surface area (TPSA) is 33.4 Å². The summed E-state index contributed by atoms with van der Waals surface area (Å²) in [5.74, 6) is 1.05. The van der Waals surface area contributed by atoms with Crippen LogP contribution in [0.2, 0.25) is 0 Å². The summed E-state index contributed by atoms with van der Waals surface area (Å²) in [5.41, 5.74) is 2.05. The Labute approximate surface area is 106 Å². The van der Waals surface area contributed by atoms with E-state index < -0.39 is 0 Å². The van der Waals surface area contributed by atoms with Crippen molar-refractivity contribution < 1.29 is 0 Å². The lowest BCUT2D eigenvalue weighted by Crippen LogP contribution is -2.23. The van der Waals surface area contributed by atoms with E-state index in [1.165, 1.54) is 5.39 Å². The van der Waals surface area contributed by atoms with Gasteiger partial charge in [-0.2, -0.15) is 0 Å². The van der Waals surface area contributed by atoms with Gasteiger partial charge in [0.05, 0.1) is 11.7 Å². The van der Waals surface area contributed by atoms with E-state index in [1.54, 1.807) is 6.20 Å². The van der Waals surface area contributed by atoms with Gasteiger partial charge < -0.3 is 4.90 Å². The molecule has 0 aliphatic heterocycles. The fourth-order valence-electron chi connectivity index (χ4n) is 2.36. The molecule has 0 atom stereocenters. The van der Waals surface area contributed by atoms with Gasteiger partial charge in [0.25, 0.3) is 0 Å². The molecule has 18 heavy (non-hydrogen) atoms. The predicted molar refractivity (Wildman–Crippen MR) is 74.1 cm³/mol. The molecule has 0 fully saturated rings. The Morgan fingerprint density at radius 3 is 2.72 bits per heavy atom. The van der Waals surface area contributed by atoms with Gasteiger partial charge in [-0.3, -0.25) is 4.40 Å². The largest absolute Gasteiger partial charge is 0.357 e. The van der Waals surface area contributed by atoms with E-state index in [2.05, 4.69) is 41.9 Å². The average molecular weight is 240 g/mol. The predicted octanol–water partition coefficient (Wildman–Crippen LogP) is 2.73. The van der Waals surface area contributed by atoms with Crippen LogP contribution in [0.4, 0.5) is 5.82 Å². The summed E-state index contributed by atoms with van der Waals surface area (Å²) >= 11 is 0. The molecule has 3 aromatic rings. The molecule has 1 aromatic carbocycles. The molecule has 2 aromatic heterocycles. The Morgan fingerprint density at radius 1 is 1.17 bits per heavy atom. The molecule has 0 N–H and O–H groups in total. The molecule has 0 saturated carbocycles. The molecule has 0 saturated heterocycles. The third kappa shape index (κ3) is 1.53. The van der Waals surface area contributed by atoms with Gasteiger partial charge in [-0.15, -0.1) is 0 Å². The standard InChI is InChI=1S/C14H16N4/c1-3-17(4-2)14-11-7-5-6-8-12(11)18-10-15-9-13(18)16-14/h5-10H,3-4H2,1-2H3. The van der Waals surface area contributed by atoms with Gasteiger partial charge in [-0.1, -0.05) is 12.1 Å². The number of hydrogen-bond donors (Lipinski definition) is 0. The maximum absolute atomic E-state index is 4.73. The van der Waals surface area contributed by atoms with Gasteiger partial charge >= 0.3 is 0 Å². The first kappa shape index (κ1) is 11.0. The van der Waals surface area contributed by atoms with Crippen molar-refractivity contribution in [2.75, 3.05) is 18.0 Å². The Bertz CT molecular complexity index is 682. The van der Waals surface area contributed by atoms with Crippen LogP contribution in [-0.4, -0.2) is 27.5 Å². The van der Waals surface area contributed by atoms with Gasteiger partial charge in [-0.05, 0) is 26.0 Å². The first-order chi connectivity index (χ1) is 8.85. The lowest BCUT2D eigenvalue weighted by molar-refractivity contribution is 0.851. The number of fused-ring (bicyclic) bond motifs is 3. The third-order valence-electron chi connectivity index (χ3n) is 3.31. The van der Waals surface area contributed by atoms with Crippen molar-refractivity contribution in [3.05, 3.63) is 36.8 Å². The molecule has 0 spiro atoms. The zero-order valence-corrected chi connectivity index (χ0v) is 10.7. The molecule has 0 aliphatic rings. The molecule has 3 rings (SSSR count). The molecular formula is C14H16N4. The van der Waals surface area contributed by atoms with E-state index in [9.17, 15) is 0 Å². The molecule has 0 unspecified atom stereocenters. The highest BCUT2D eigenvalue weighted by Crippen LogP contribution is 2.25. The van der Waals surface area contributed by atoms with Crippen molar-refractivity contribution in [2.45, 2.75) is 13.8 Å². The van der Waals surface area contributed by atoms with E-state index in [0.717, 1.165) is 30.1 Å². The minimum atomic E-state index is 0.899. The highest BCUT2D eigenvalue weighted by atomic mass is 15.2. The van der Waals surface area contributed by atoms with Crippen LogP contribution in [0.25, 0.3) is 16.6 Å². The molecule has 0 radical (unpaired) electrons. The van der Waals surface area contributed by atoms with Crippen LogP contribution < -0.4 is 4.90 Å². The smallest absolute Gasteiger partial charge is 0.159 e. The monoisotopic (exact) mass is 240 g/mol. The van der Waals surface area contributed by atoms with Crippen molar-refractivity contribution in [2.24, 2.45) is 0 Å². The van der Waals surface area contributed by atoms with Crippen LogP contribution in [0.3, 0.4) is 0 Å². The molecule has 4 nitrogen and oxygen atoms in total. The minimum absolute atomic E-state index is 0.899. The van der Waals surface area contributed by atoms with Crippen molar-refractivity contribution >= 4 is 22.4 Å². The molecule has 0 bridgehead atoms. The SMILES string of the molecule is CCN(CC)c1nc2cncn2c2ccccc12. The lowest BCUT2D eigenvalue weighted by Gasteiger charge is -2.21. The van der Waals surface area contributed by atoms with E-state index in [-0.39, 0.29) is 0 Å². The first-order valence-corrected chi connectivity index (χ1v) is 6.31. The second-order valence-corrected chi connectivity index (χ2v) is 4.25. The summed E-state index contributed by atoms with van der Waals surface area (Å²) in [6, 6.07) is 8.33. The highest BCUT2D eigenvalue weighted by Gasteiger charge is 2.11. The maximum atomic E-state index is 4.73. The summed E-state index contributed by atoms with van der Waals surface area (Å²) in [5, 5.41) is 1.17. The Kier molecular flexibility index (Phi) is 2.63.